The van der Waals surface area contributed by atoms with Crippen LogP contribution in [0.25, 0.3) is 0 Å². The van der Waals surface area contributed by atoms with Crippen LogP contribution in [0.3, 0.4) is 0 Å². The van der Waals surface area contributed by atoms with E-state index in [9.17, 15) is 9.59 Å². The van der Waals surface area contributed by atoms with Crippen LogP contribution in [0.5, 0.6) is 0 Å². The zero-order valence-electron chi connectivity index (χ0n) is 13.4. The number of nitrogens with zero attached hydrogens (tertiary/aromatic N) is 2. The molecule has 0 fully saturated rings. The van der Waals surface area contributed by atoms with Crippen LogP contribution in [0.15, 0.2) is 36.5 Å². The summed E-state index contributed by atoms with van der Waals surface area (Å²) >= 11 is 0. The number of carbonyl (C=O) groups is 2. The topological polar surface area (TPSA) is 77.6 Å². The molecule has 0 aliphatic rings. The lowest BCUT2D eigenvalue weighted by Gasteiger charge is -2.17. The normalized spacial score (nSPS) is 10.7. The molecule has 0 bridgehead atoms. The van der Waals surface area contributed by atoms with E-state index in [0.717, 1.165) is 11.2 Å². The highest BCUT2D eigenvalue weighted by molar-refractivity contribution is 5.93. The third-order valence-electron chi connectivity index (χ3n) is 3.72. The number of nitrogens with two attached hydrogens (primary N) is 1. The first-order valence-electron chi connectivity index (χ1n) is 7.32. The van der Waals surface area contributed by atoms with E-state index in [4.69, 9.17) is 10.6 Å². The molecule has 0 saturated carbocycles. The molecule has 2 rings (SSSR count). The smallest absolute Gasteiger partial charge is 0.356 e. The fourth-order valence-corrected chi connectivity index (χ4v) is 2.55. The quantitative estimate of drug-likeness (QED) is 0.476. The number of nitrogen functional groups attached to an aromatic ring is 1. The summed E-state index contributed by atoms with van der Waals surface area (Å²) in [6, 6.07) is 10.1. The highest BCUT2D eigenvalue weighted by Gasteiger charge is 2.21. The van der Waals surface area contributed by atoms with Crippen LogP contribution in [0.4, 0.5) is 0 Å². The largest absolute Gasteiger partial charge is 0.464 e. The predicted octanol–water partition coefficient (Wildman–Crippen LogP) is 1.48. The van der Waals surface area contributed by atoms with E-state index < -0.39 is 5.97 Å². The first-order chi connectivity index (χ1) is 11.1. The van der Waals surface area contributed by atoms with Crippen molar-refractivity contribution in [2.45, 2.75) is 13.0 Å². The molecular weight excluding hydrogens is 294 g/mol. The van der Waals surface area contributed by atoms with Gasteiger partial charge in [-0.1, -0.05) is 30.3 Å². The van der Waals surface area contributed by atoms with Crippen molar-refractivity contribution in [3.8, 4) is 0 Å². The Morgan fingerprint density at radius 2 is 2.04 bits per heavy atom. The Bertz CT molecular complexity index is 680. The molecule has 2 N–H and O–H groups in total. The number of aldehydes is 1. The lowest BCUT2D eigenvalue weighted by atomic mass is 10.1. The standard InChI is InChI=1S/C17H21N3O3/c1-19(10-13-6-4-3-5-7-13)9-8-15-14(12-21)11-20(18)16(15)17(22)23-2/h3-7,11-12H,8-10,18H2,1-2H3. The van der Waals surface area contributed by atoms with Gasteiger partial charge in [0.2, 0.25) is 0 Å². The molecule has 6 nitrogen and oxygen atoms in total. The zero-order chi connectivity index (χ0) is 16.8. The Morgan fingerprint density at radius 3 is 2.65 bits per heavy atom. The molecule has 0 saturated heterocycles. The van der Waals surface area contributed by atoms with Crippen molar-refractivity contribution in [3.63, 3.8) is 0 Å². The first-order valence-corrected chi connectivity index (χ1v) is 7.32. The highest BCUT2D eigenvalue weighted by Crippen LogP contribution is 2.17. The molecular formula is C17H21N3O3. The van der Waals surface area contributed by atoms with Crippen LogP contribution in [0.1, 0.15) is 32.0 Å². The van der Waals surface area contributed by atoms with Gasteiger partial charge in [-0.25, -0.2) is 4.79 Å². The maximum atomic E-state index is 11.9. The second kappa shape index (κ2) is 7.60. The van der Waals surface area contributed by atoms with Crippen LogP contribution in [0, 0.1) is 0 Å². The minimum Gasteiger partial charge on any atom is -0.464 e. The Balaban J connectivity index is 2.10. The third-order valence-corrected chi connectivity index (χ3v) is 3.72. The maximum absolute atomic E-state index is 11.9. The van der Waals surface area contributed by atoms with E-state index in [1.54, 1.807) is 0 Å². The van der Waals surface area contributed by atoms with Gasteiger partial charge in [0.1, 0.15) is 0 Å². The molecule has 0 aliphatic heterocycles. The Hall–Kier alpha value is -2.60. The van der Waals surface area contributed by atoms with Gasteiger partial charge in [-0.15, -0.1) is 0 Å². The van der Waals surface area contributed by atoms with Gasteiger partial charge in [0.05, 0.1) is 7.11 Å². The number of esters is 1. The molecule has 0 unspecified atom stereocenters. The predicted molar refractivity (Wildman–Crippen MR) is 87.8 cm³/mol. The molecule has 23 heavy (non-hydrogen) atoms. The average Bonchev–Trinajstić information content (AvgIpc) is 2.88. The number of benzene rings is 1. The fourth-order valence-electron chi connectivity index (χ4n) is 2.55. The molecule has 1 aromatic heterocycles. The number of likely N-dealkylation sites (N-methyl/N-ethyl adjacent to an activating group) is 1. The van der Waals surface area contributed by atoms with Gasteiger partial charge >= 0.3 is 5.97 Å². The maximum Gasteiger partial charge on any atom is 0.356 e. The summed E-state index contributed by atoms with van der Waals surface area (Å²) in [4.78, 5) is 25.2. The van der Waals surface area contributed by atoms with E-state index in [1.165, 1.54) is 18.9 Å². The van der Waals surface area contributed by atoms with Crippen molar-refractivity contribution < 1.29 is 14.3 Å². The number of rotatable bonds is 7. The summed E-state index contributed by atoms with van der Waals surface area (Å²) in [6.07, 6.45) is 2.69. The van der Waals surface area contributed by atoms with Crippen LogP contribution in [-0.2, 0) is 17.7 Å². The Kier molecular flexibility index (Phi) is 5.54. The van der Waals surface area contributed by atoms with Crippen molar-refractivity contribution >= 4 is 12.3 Å². The molecule has 6 heteroatoms. The summed E-state index contributed by atoms with van der Waals surface area (Å²) in [7, 11) is 3.28. The van der Waals surface area contributed by atoms with Gasteiger partial charge < -0.3 is 15.5 Å². The summed E-state index contributed by atoms with van der Waals surface area (Å²) in [6.45, 7) is 1.47. The molecule has 122 valence electrons. The van der Waals surface area contributed by atoms with Crippen molar-refractivity contribution in [1.29, 1.82) is 0 Å². The summed E-state index contributed by atoms with van der Waals surface area (Å²) in [5.74, 6) is 5.23. The molecule has 0 spiro atoms. The summed E-state index contributed by atoms with van der Waals surface area (Å²) < 4.78 is 5.90. The fraction of sp³-hybridized carbons (Fsp3) is 0.294. The summed E-state index contributed by atoms with van der Waals surface area (Å²) in [5.41, 5.74) is 2.47. The molecule has 0 aliphatic carbocycles. The first kappa shape index (κ1) is 16.8. The van der Waals surface area contributed by atoms with Crippen LogP contribution < -0.4 is 5.84 Å². The van der Waals surface area contributed by atoms with Gasteiger partial charge in [-0.2, -0.15) is 0 Å². The molecule has 1 heterocycles. The third kappa shape index (κ3) is 3.98. The van der Waals surface area contributed by atoms with E-state index in [0.29, 0.717) is 30.4 Å². The van der Waals surface area contributed by atoms with Crippen molar-refractivity contribution in [3.05, 3.63) is 58.9 Å². The van der Waals surface area contributed by atoms with E-state index in [2.05, 4.69) is 17.0 Å². The summed E-state index contributed by atoms with van der Waals surface area (Å²) in [5, 5.41) is 0. The Morgan fingerprint density at radius 1 is 1.35 bits per heavy atom. The van der Waals surface area contributed by atoms with E-state index in [-0.39, 0.29) is 5.69 Å². The second-order valence-corrected chi connectivity index (χ2v) is 5.40. The molecule has 0 atom stereocenters. The van der Waals surface area contributed by atoms with Gasteiger partial charge in [-0.05, 0) is 24.6 Å². The molecule has 2 aromatic rings. The van der Waals surface area contributed by atoms with Crippen LogP contribution in [-0.4, -0.2) is 42.5 Å². The van der Waals surface area contributed by atoms with Gasteiger partial charge in [0.15, 0.2) is 12.0 Å². The second-order valence-electron chi connectivity index (χ2n) is 5.40. The number of aromatic nitrogens is 1. The molecule has 0 radical (unpaired) electrons. The highest BCUT2D eigenvalue weighted by atomic mass is 16.5. The number of ether oxygens (including phenoxy) is 1. The number of hydrogen-bond acceptors (Lipinski definition) is 5. The molecule has 0 amide bonds. The Labute approximate surface area is 135 Å². The average molecular weight is 315 g/mol. The minimum absolute atomic E-state index is 0.225. The minimum atomic E-state index is -0.540. The van der Waals surface area contributed by atoms with Crippen molar-refractivity contribution in [2.75, 3.05) is 26.5 Å². The monoisotopic (exact) mass is 315 g/mol. The van der Waals surface area contributed by atoms with E-state index in [1.807, 2.05) is 25.2 Å². The lowest BCUT2D eigenvalue weighted by molar-refractivity contribution is 0.0589. The van der Waals surface area contributed by atoms with E-state index >= 15 is 0 Å². The van der Waals surface area contributed by atoms with Crippen molar-refractivity contribution in [2.24, 2.45) is 0 Å². The van der Waals surface area contributed by atoms with Gasteiger partial charge in [0.25, 0.3) is 0 Å². The van der Waals surface area contributed by atoms with Crippen LogP contribution in [0.2, 0.25) is 0 Å². The van der Waals surface area contributed by atoms with Crippen molar-refractivity contribution in [1.82, 2.24) is 9.58 Å². The SMILES string of the molecule is COC(=O)c1c(CCN(C)Cc2ccccc2)c(C=O)cn1N. The molecule has 1 aromatic carbocycles. The van der Waals surface area contributed by atoms with Gasteiger partial charge in [0, 0.05) is 24.8 Å². The zero-order valence-corrected chi connectivity index (χ0v) is 13.4. The lowest BCUT2D eigenvalue weighted by Crippen LogP contribution is -2.23. The van der Waals surface area contributed by atoms with Gasteiger partial charge in [-0.3, -0.25) is 9.47 Å². The number of carbonyl (C=O) groups excluding carboxylic acids is 2. The van der Waals surface area contributed by atoms with Crippen LogP contribution >= 0.6 is 0 Å². The number of methoxy groups -OCH3 is 1. The number of hydrogen-bond donors (Lipinski definition) is 1.